The van der Waals surface area contributed by atoms with Crippen molar-refractivity contribution < 1.29 is 5.11 Å². The molecular weight excluding hydrogens is 236 g/mol. The van der Waals surface area contributed by atoms with E-state index >= 15 is 0 Å². The Morgan fingerprint density at radius 3 is 2.37 bits per heavy atom. The quantitative estimate of drug-likeness (QED) is 0.895. The molecule has 0 bridgehead atoms. The predicted molar refractivity (Wildman–Crippen MR) is 77.3 cm³/mol. The summed E-state index contributed by atoms with van der Waals surface area (Å²) in [7, 11) is 0. The fraction of sp³-hybridized carbons (Fsp3) is 0.438. The number of nitrogens with zero attached hydrogens (tertiary/aromatic N) is 2. The number of aromatic nitrogens is 2. The van der Waals surface area contributed by atoms with E-state index in [0.717, 1.165) is 12.1 Å². The second-order valence-corrected chi connectivity index (χ2v) is 5.38. The molecule has 1 aromatic heterocycles. The molecule has 1 unspecified atom stereocenters. The van der Waals surface area contributed by atoms with Gasteiger partial charge in [0.1, 0.15) is 0 Å². The average molecular weight is 258 g/mol. The van der Waals surface area contributed by atoms with Gasteiger partial charge in [-0.2, -0.15) is 5.10 Å². The van der Waals surface area contributed by atoms with E-state index in [-0.39, 0.29) is 12.5 Å². The molecule has 102 valence electrons. The lowest BCUT2D eigenvalue weighted by Crippen LogP contribution is -2.09. The Bertz CT molecular complexity index is 514. The monoisotopic (exact) mass is 258 g/mol. The smallest absolute Gasteiger partial charge is 0.0631 e. The van der Waals surface area contributed by atoms with Gasteiger partial charge in [-0.25, -0.2) is 0 Å². The Morgan fingerprint density at radius 1 is 1.16 bits per heavy atom. The topological polar surface area (TPSA) is 38.0 Å². The normalized spacial score (nSPS) is 12.9. The van der Waals surface area contributed by atoms with Gasteiger partial charge in [-0.15, -0.1) is 0 Å². The highest BCUT2D eigenvalue weighted by Crippen LogP contribution is 2.20. The summed E-state index contributed by atoms with van der Waals surface area (Å²) in [5, 5.41) is 14.1. The lowest BCUT2D eigenvalue weighted by Gasteiger charge is -2.13. The van der Waals surface area contributed by atoms with E-state index in [1.165, 1.54) is 11.1 Å². The van der Waals surface area contributed by atoms with E-state index in [4.69, 9.17) is 0 Å². The third-order valence-electron chi connectivity index (χ3n) is 3.42. The summed E-state index contributed by atoms with van der Waals surface area (Å²) in [4.78, 5) is 0. The first-order chi connectivity index (χ1) is 9.10. The minimum Gasteiger partial charge on any atom is -0.396 e. The lowest BCUT2D eigenvalue weighted by molar-refractivity contribution is 0.263. The summed E-state index contributed by atoms with van der Waals surface area (Å²) < 4.78 is 1.96. The van der Waals surface area contributed by atoms with Crippen molar-refractivity contribution >= 4 is 0 Å². The van der Waals surface area contributed by atoms with Crippen LogP contribution in [0.5, 0.6) is 0 Å². The standard InChI is InChI=1S/C16H22N2O/c1-12(2)18-9-8-16(17-18)10-15(11-19)14-6-4-13(3)5-7-14/h4-9,12,15,19H,10-11H2,1-3H3. The third kappa shape index (κ3) is 3.44. The molecule has 1 aromatic carbocycles. The first-order valence-corrected chi connectivity index (χ1v) is 6.81. The van der Waals surface area contributed by atoms with Crippen LogP contribution in [-0.2, 0) is 6.42 Å². The molecule has 2 rings (SSSR count). The van der Waals surface area contributed by atoms with E-state index < -0.39 is 0 Å². The van der Waals surface area contributed by atoms with Gasteiger partial charge in [0, 0.05) is 24.6 Å². The van der Waals surface area contributed by atoms with Crippen LogP contribution in [0.3, 0.4) is 0 Å². The summed E-state index contributed by atoms with van der Waals surface area (Å²) in [5.74, 6) is 0.121. The molecule has 3 heteroatoms. The summed E-state index contributed by atoms with van der Waals surface area (Å²) in [6.07, 6.45) is 2.78. The van der Waals surface area contributed by atoms with E-state index in [2.05, 4.69) is 50.1 Å². The van der Waals surface area contributed by atoms with Crippen LogP contribution in [0.4, 0.5) is 0 Å². The van der Waals surface area contributed by atoms with E-state index in [1.807, 2.05) is 16.9 Å². The second-order valence-electron chi connectivity index (χ2n) is 5.38. The minimum absolute atomic E-state index is 0.121. The van der Waals surface area contributed by atoms with Gasteiger partial charge < -0.3 is 5.11 Å². The molecule has 0 aliphatic carbocycles. The molecule has 0 saturated carbocycles. The molecule has 0 amide bonds. The van der Waals surface area contributed by atoms with Crippen LogP contribution in [0.25, 0.3) is 0 Å². The van der Waals surface area contributed by atoms with Gasteiger partial charge in [-0.05, 0) is 32.4 Å². The van der Waals surface area contributed by atoms with Gasteiger partial charge in [0.25, 0.3) is 0 Å². The van der Waals surface area contributed by atoms with Crippen molar-refractivity contribution in [2.75, 3.05) is 6.61 Å². The molecular formula is C16H22N2O. The molecule has 0 saturated heterocycles. The van der Waals surface area contributed by atoms with Crippen LogP contribution in [0.1, 0.15) is 42.6 Å². The second kappa shape index (κ2) is 6.02. The number of benzene rings is 1. The first-order valence-electron chi connectivity index (χ1n) is 6.81. The molecule has 0 aliphatic rings. The minimum atomic E-state index is 0.121. The van der Waals surface area contributed by atoms with E-state index in [1.54, 1.807) is 0 Å². The van der Waals surface area contributed by atoms with Gasteiger partial charge in [0.15, 0.2) is 0 Å². The molecule has 1 heterocycles. The predicted octanol–water partition coefficient (Wildman–Crippen LogP) is 3.09. The van der Waals surface area contributed by atoms with Gasteiger partial charge in [0.05, 0.1) is 12.3 Å². The van der Waals surface area contributed by atoms with Crippen LogP contribution in [0.2, 0.25) is 0 Å². The Balaban J connectivity index is 2.12. The van der Waals surface area contributed by atoms with Crippen LogP contribution in [-0.4, -0.2) is 21.5 Å². The van der Waals surface area contributed by atoms with Gasteiger partial charge >= 0.3 is 0 Å². The molecule has 2 aromatic rings. The molecule has 19 heavy (non-hydrogen) atoms. The van der Waals surface area contributed by atoms with Crippen LogP contribution in [0, 0.1) is 6.92 Å². The maximum absolute atomic E-state index is 9.59. The Labute approximate surface area is 114 Å². The van der Waals surface area contributed by atoms with E-state index in [0.29, 0.717) is 6.04 Å². The summed E-state index contributed by atoms with van der Waals surface area (Å²) >= 11 is 0. The number of rotatable bonds is 5. The van der Waals surface area contributed by atoms with Crippen molar-refractivity contribution in [1.82, 2.24) is 9.78 Å². The van der Waals surface area contributed by atoms with Gasteiger partial charge in [0.2, 0.25) is 0 Å². The highest BCUT2D eigenvalue weighted by molar-refractivity contribution is 5.25. The van der Waals surface area contributed by atoms with Crippen molar-refractivity contribution in [3.05, 3.63) is 53.3 Å². The molecule has 1 atom stereocenters. The largest absolute Gasteiger partial charge is 0.396 e. The number of aliphatic hydroxyl groups is 1. The van der Waals surface area contributed by atoms with Crippen LogP contribution >= 0.6 is 0 Å². The lowest BCUT2D eigenvalue weighted by atomic mass is 9.94. The third-order valence-corrected chi connectivity index (χ3v) is 3.42. The van der Waals surface area contributed by atoms with Crippen LogP contribution in [0.15, 0.2) is 36.5 Å². The molecule has 0 radical (unpaired) electrons. The average Bonchev–Trinajstić information content (AvgIpc) is 2.86. The molecule has 1 N–H and O–H groups in total. The molecule has 0 spiro atoms. The van der Waals surface area contributed by atoms with Crippen molar-refractivity contribution in [1.29, 1.82) is 0 Å². The van der Waals surface area contributed by atoms with Crippen LogP contribution < -0.4 is 0 Å². The Hall–Kier alpha value is -1.61. The van der Waals surface area contributed by atoms with Crippen molar-refractivity contribution in [3.63, 3.8) is 0 Å². The summed E-state index contributed by atoms with van der Waals surface area (Å²) in [6, 6.07) is 10.8. The summed E-state index contributed by atoms with van der Waals surface area (Å²) in [6.45, 7) is 6.44. The summed E-state index contributed by atoms with van der Waals surface area (Å²) in [5.41, 5.74) is 3.45. The number of aryl methyl sites for hydroxylation is 1. The maximum atomic E-state index is 9.59. The maximum Gasteiger partial charge on any atom is 0.0631 e. The zero-order valence-electron chi connectivity index (χ0n) is 11.9. The van der Waals surface area contributed by atoms with Gasteiger partial charge in [-0.1, -0.05) is 29.8 Å². The number of hydrogen-bond donors (Lipinski definition) is 1. The van der Waals surface area contributed by atoms with Crippen molar-refractivity contribution in [2.24, 2.45) is 0 Å². The molecule has 0 fully saturated rings. The van der Waals surface area contributed by atoms with E-state index in [9.17, 15) is 5.11 Å². The molecule has 0 aliphatic heterocycles. The highest BCUT2D eigenvalue weighted by atomic mass is 16.3. The number of aliphatic hydroxyl groups excluding tert-OH is 1. The van der Waals surface area contributed by atoms with Gasteiger partial charge in [-0.3, -0.25) is 4.68 Å². The van der Waals surface area contributed by atoms with Crippen molar-refractivity contribution in [2.45, 2.75) is 39.2 Å². The Morgan fingerprint density at radius 2 is 1.84 bits per heavy atom. The highest BCUT2D eigenvalue weighted by Gasteiger charge is 2.13. The zero-order chi connectivity index (χ0) is 13.8. The van der Waals surface area contributed by atoms with Crippen molar-refractivity contribution in [3.8, 4) is 0 Å². The fourth-order valence-electron chi connectivity index (χ4n) is 2.15. The number of hydrogen-bond acceptors (Lipinski definition) is 2. The Kier molecular flexibility index (Phi) is 4.38. The SMILES string of the molecule is Cc1ccc(C(CO)Cc2ccn(C(C)C)n2)cc1. The fourth-order valence-corrected chi connectivity index (χ4v) is 2.15. The molecule has 3 nitrogen and oxygen atoms in total. The first kappa shape index (κ1) is 13.8. The zero-order valence-corrected chi connectivity index (χ0v) is 11.9.